The zero-order valence-electron chi connectivity index (χ0n) is 23.4. The Morgan fingerprint density at radius 2 is 1.80 bits per heavy atom. The van der Waals surface area contributed by atoms with E-state index in [2.05, 4.69) is 10.6 Å². The van der Waals surface area contributed by atoms with Gasteiger partial charge >= 0.3 is 12.0 Å². The SMILES string of the molecule is CNC(=O)Nc1ccc2c(c1)Cc1c(nc(C(C)C)c(C=C[C@@H](O)C[C@@H](O)CC(=O)O)c1-c1ccc(F)cc1)CC2. The number of hydrogen-bond acceptors (Lipinski definition) is 5. The van der Waals surface area contributed by atoms with Gasteiger partial charge in [-0.15, -0.1) is 0 Å². The first-order valence-electron chi connectivity index (χ1n) is 13.7. The number of carbonyl (C=O) groups excluding carboxylic acids is 1. The highest BCUT2D eigenvalue weighted by molar-refractivity contribution is 5.89. The van der Waals surface area contributed by atoms with Crippen LogP contribution in [0.5, 0.6) is 0 Å². The zero-order valence-corrected chi connectivity index (χ0v) is 23.4. The van der Waals surface area contributed by atoms with Gasteiger partial charge in [-0.2, -0.15) is 0 Å². The maximum atomic E-state index is 14.0. The molecular formula is C32H36FN3O5. The van der Waals surface area contributed by atoms with Gasteiger partial charge in [0.25, 0.3) is 0 Å². The topological polar surface area (TPSA) is 132 Å². The van der Waals surface area contributed by atoms with Crippen molar-refractivity contribution < 1.29 is 29.3 Å². The van der Waals surface area contributed by atoms with Gasteiger partial charge in [0.15, 0.2) is 0 Å². The number of benzene rings is 2. The number of aliphatic carboxylic acids is 1. The Balaban J connectivity index is 1.85. The normalized spacial score (nSPS) is 14.2. The predicted octanol–water partition coefficient (Wildman–Crippen LogP) is 5.05. The summed E-state index contributed by atoms with van der Waals surface area (Å²) >= 11 is 0. The highest BCUT2D eigenvalue weighted by atomic mass is 19.1. The number of anilines is 1. The number of rotatable bonds is 9. The summed E-state index contributed by atoms with van der Waals surface area (Å²) in [6.07, 6.45) is 2.47. The van der Waals surface area contributed by atoms with Gasteiger partial charge in [0.1, 0.15) is 5.82 Å². The second kappa shape index (κ2) is 13.1. The molecule has 2 aromatic carbocycles. The number of hydrogen-bond donors (Lipinski definition) is 5. The van der Waals surface area contributed by atoms with Crippen LogP contribution in [0.3, 0.4) is 0 Å². The molecule has 0 aliphatic heterocycles. The molecule has 2 atom stereocenters. The van der Waals surface area contributed by atoms with E-state index in [1.165, 1.54) is 12.1 Å². The zero-order chi connectivity index (χ0) is 29.7. The predicted molar refractivity (Wildman–Crippen MR) is 156 cm³/mol. The maximum Gasteiger partial charge on any atom is 0.318 e. The number of carboxylic acids is 1. The maximum absolute atomic E-state index is 14.0. The molecule has 0 saturated heterocycles. The molecule has 0 saturated carbocycles. The van der Waals surface area contributed by atoms with Crippen LogP contribution in [0.15, 0.2) is 48.5 Å². The van der Waals surface area contributed by atoms with E-state index in [0.717, 1.165) is 51.2 Å². The fourth-order valence-electron chi connectivity index (χ4n) is 5.26. The van der Waals surface area contributed by atoms with E-state index in [-0.39, 0.29) is 24.2 Å². The molecule has 9 heteroatoms. The lowest BCUT2D eigenvalue weighted by Gasteiger charge is -2.22. The van der Waals surface area contributed by atoms with Crippen LogP contribution in [0.4, 0.5) is 14.9 Å². The van der Waals surface area contributed by atoms with Gasteiger partial charge in [0.05, 0.1) is 24.3 Å². The molecule has 1 aliphatic carbocycles. The minimum absolute atomic E-state index is 0.0304. The molecule has 1 heterocycles. The molecule has 0 radical (unpaired) electrons. The first-order valence-corrected chi connectivity index (χ1v) is 13.7. The summed E-state index contributed by atoms with van der Waals surface area (Å²) in [5, 5.41) is 35.0. The molecule has 4 rings (SSSR count). The van der Waals surface area contributed by atoms with Gasteiger partial charge in [-0.1, -0.05) is 44.2 Å². The van der Waals surface area contributed by atoms with Crippen LogP contribution < -0.4 is 10.6 Å². The fourth-order valence-corrected chi connectivity index (χ4v) is 5.26. The number of nitrogens with zero attached hydrogens (tertiary/aromatic N) is 1. The third kappa shape index (κ3) is 7.36. The van der Waals surface area contributed by atoms with E-state index >= 15 is 0 Å². The molecule has 0 spiro atoms. The number of aryl methyl sites for hydroxylation is 2. The third-order valence-electron chi connectivity index (χ3n) is 7.23. The highest BCUT2D eigenvalue weighted by Gasteiger charge is 2.25. The number of nitrogens with one attached hydrogen (secondary N) is 2. The summed E-state index contributed by atoms with van der Waals surface area (Å²) in [5.41, 5.74) is 8.08. The number of pyridine rings is 1. The van der Waals surface area contributed by atoms with Gasteiger partial charge < -0.3 is 26.0 Å². The standard InChI is InChI=1S/C32H36FN3O5/c1-18(2)31-26(12-11-24(37)16-25(38)17-29(39)40)30(20-4-8-22(33)9-5-20)27-15-21-14-23(35-32(41)34-3)10-6-19(21)7-13-28(27)36-31/h4-6,8-12,14,18,24-25,37-38H,7,13,15-17H2,1-3H3,(H,39,40)(H2,34,35,41)/t24-,25-/m1/s1. The van der Waals surface area contributed by atoms with Crippen molar-refractivity contribution in [2.75, 3.05) is 12.4 Å². The molecule has 2 amide bonds. The van der Waals surface area contributed by atoms with Crippen LogP contribution >= 0.6 is 0 Å². The molecule has 1 aliphatic rings. The Morgan fingerprint density at radius 1 is 1.07 bits per heavy atom. The Bertz CT molecular complexity index is 1450. The number of aromatic nitrogens is 1. The molecular weight excluding hydrogens is 525 g/mol. The van der Waals surface area contributed by atoms with E-state index < -0.39 is 24.6 Å². The summed E-state index contributed by atoms with van der Waals surface area (Å²) in [7, 11) is 1.56. The second-order valence-electron chi connectivity index (χ2n) is 10.7. The number of fused-ring (bicyclic) bond motifs is 2. The first kappa shape index (κ1) is 29.9. The van der Waals surface area contributed by atoms with Gasteiger partial charge in [0, 0.05) is 36.8 Å². The van der Waals surface area contributed by atoms with Gasteiger partial charge in [-0.05, 0) is 70.8 Å². The summed E-state index contributed by atoms with van der Waals surface area (Å²) in [6.45, 7) is 4.07. The Hall–Kier alpha value is -4.08. The van der Waals surface area contributed by atoms with Crippen molar-refractivity contribution in [2.45, 2.75) is 64.1 Å². The van der Waals surface area contributed by atoms with Crippen LogP contribution in [0.2, 0.25) is 0 Å². The Kier molecular flexibility index (Phi) is 9.52. The molecule has 0 bridgehead atoms. The highest BCUT2D eigenvalue weighted by Crippen LogP contribution is 2.39. The van der Waals surface area contributed by atoms with Crippen molar-refractivity contribution in [3.63, 3.8) is 0 Å². The smallest absolute Gasteiger partial charge is 0.318 e. The van der Waals surface area contributed by atoms with Crippen LogP contribution in [-0.4, -0.2) is 51.6 Å². The number of carbonyl (C=O) groups is 2. The number of aliphatic hydroxyl groups excluding tert-OH is 2. The molecule has 3 aromatic rings. The van der Waals surface area contributed by atoms with Crippen LogP contribution in [0.25, 0.3) is 17.2 Å². The minimum atomic E-state index is -1.19. The number of urea groups is 1. The Morgan fingerprint density at radius 3 is 2.46 bits per heavy atom. The monoisotopic (exact) mass is 561 g/mol. The van der Waals surface area contributed by atoms with Gasteiger partial charge in [-0.25, -0.2) is 9.18 Å². The molecule has 41 heavy (non-hydrogen) atoms. The lowest BCUT2D eigenvalue weighted by atomic mass is 9.86. The second-order valence-corrected chi connectivity index (χ2v) is 10.7. The van der Waals surface area contributed by atoms with Crippen molar-refractivity contribution in [3.8, 4) is 11.1 Å². The summed E-state index contributed by atoms with van der Waals surface area (Å²) in [5.74, 6) is -1.46. The molecule has 0 fully saturated rings. The van der Waals surface area contributed by atoms with Gasteiger partial charge in [-0.3, -0.25) is 9.78 Å². The average molecular weight is 562 g/mol. The lowest BCUT2D eigenvalue weighted by Crippen LogP contribution is -2.24. The van der Waals surface area contributed by atoms with Crippen LogP contribution in [-0.2, 0) is 24.1 Å². The number of halogens is 1. The quantitative estimate of drug-likeness (QED) is 0.248. The van der Waals surface area contributed by atoms with E-state index in [4.69, 9.17) is 10.1 Å². The number of carboxylic acid groups (broad SMARTS) is 1. The average Bonchev–Trinajstić information content (AvgIpc) is 3.09. The largest absolute Gasteiger partial charge is 0.481 e. The summed E-state index contributed by atoms with van der Waals surface area (Å²) < 4.78 is 14.0. The Labute approximate surface area is 239 Å². The lowest BCUT2D eigenvalue weighted by molar-refractivity contribution is -0.139. The summed E-state index contributed by atoms with van der Waals surface area (Å²) in [6, 6.07) is 11.8. The van der Waals surface area contributed by atoms with Crippen molar-refractivity contribution in [1.29, 1.82) is 0 Å². The molecule has 0 unspecified atom stereocenters. The van der Waals surface area contributed by atoms with E-state index in [1.54, 1.807) is 31.3 Å². The van der Waals surface area contributed by atoms with E-state index in [9.17, 15) is 24.2 Å². The van der Waals surface area contributed by atoms with Crippen LogP contribution in [0.1, 0.15) is 66.2 Å². The van der Waals surface area contributed by atoms with Crippen molar-refractivity contribution in [1.82, 2.24) is 10.3 Å². The third-order valence-corrected chi connectivity index (χ3v) is 7.23. The minimum Gasteiger partial charge on any atom is -0.481 e. The molecule has 216 valence electrons. The molecule has 1 aromatic heterocycles. The first-order chi connectivity index (χ1) is 19.5. The van der Waals surface area contributed by atoms with Crippen molar-refractivity contribution in [3.05, 3.63) is 88.0 Å². The number of aliphatic hydroxyl groups is 2. The van der Waals surface area contributed by atoms with Crippen molar-refractivity contribution in [2.24, 2.45) is 0 Å². The van der Waals surface area contributed by atoms with Gasteiger partial charge in [0.2, 0.25) is 0 Å². The van der Waals surface area contributed by atoms with Crippen LogP contribution in [0, 0.1) is 5.82 Å². The molecule has 5 N–H and O–H groups in total. The van der Waals surface area contributed by atoms with Crippen molar-refractivity contribution >= 4 is 23.8 Å². The summed E-state index contributed by atoms with van der Waals surface area (Å²) in [4.78, 5) is 28.0. The molecule has 8 nitrogen and oxygen atoms in total. The fraction of sp³-hybridized carbons (Fsp3) is 0.344. The number of amides is 2. The van der Waals surface area contributed by atoms with E-state index in [1.807, 2.05) is 32.0 Å². The van der Waals surface area contributed by atoms with E-state index in [0.29, 0.717) is 18.5 Å².